The third kappa shape index (κ3) is 7.06. The molecule has 3 rings (SSSR count). The molecular formula is C26H33F3N2O4S. The highest BCUT2D eigenvalue weighted by molar-refractivity contribution is 7.09. The summed E-state index contributed by atoms with van der Waals surface area (Å²) in [7, 11) is 0. The van der Waals surface area contributed by atoms with E-state index in [0.29, 0.717) is 18.0 Å². The lowest BCUT2D eigenvalue weighted by molar-refractivity contribution is -0.137. The average Bonchev–Trinajstić information content (AvgIpc) is 3.41. The van der Waals surface area contributed by atoms with Crippen molar-refractivity contribution in [2.75, 3.05) is 13.2 Å². The largest absolute Gasteiger partial charge is 0.485 e. The molecule has 0 spiro atoms. The van der Waals surface area contributed by atoms with Gasteiger partial charge in [0.05, 0.1) is 23.8 Å². The lowest BCUT2D eigenvalue weighted by Crippen LogP contribution is -2.27. The van der Waals surface area contributed by atoms with Crippen LogP contribution in [0.3, 0.4) is 0 Å². The summed E-state index contributed by atoms with van der Waals surface area (Å²) in [5, 5.41) is 0. The van der Waals surface area contributed by atoms with Crippen molar-refractivity contribution in [2.24, 2.45) is 10.4 Å². The molecule has 1 aliphatic rings. The highest BCUT2D eigenvalue weighted by Crippen LogP contribution is 2.33. The molecule has 2 aromatic rings. The minimum absolute atomic E-state index is 0.0164. The van der Waals surface area contributed by atoms with Crippen molar-refractivity contribution in [3.8, 4) is 5.75 Å². The van der Waals surface area contributed by atoms with Crippen LogP contribution in [0.5, 0.6) is 5.75 Å². The van der Waals surface area contributed by atoms with Gasteiger partial charge in [-0.1, -0.05) is 41.5 Å². The van der Waals surface area contributed by atoms with Crippen molar-refractivity contribution in [2.45, 2.75) is 78.6 Å². The second-order valence-electron chi connectivity index (χ2n) is 11.0. The van der Waals surface area contributed by atoms with Gasteiger partial charge in [0, 0.05) is 23.1 Å². The van der Waals surface area contributed by atoms with Gasteiger partial charge in [0.2, 0.25) is 0 Å². The Hall–Kier alpha value is -2.46. The fourth-order valence-corrected chi connectivity index (χ4v) is 4.51. The zero-order valence-electron chi connectivity index (χ0n) is 21.5. The number of halogens is 3. The van der Waals surface area contributed by atoms with E-state index in [1.165, 1.54) is 11.3 Å². The van der Waals surface area contributed by atoms with Gasteiger partial charge in [-0.15, -0.1) is 11.3 Å². The number of hydrogen-bond acceptors (Lipinski definition) is 5. The molecule has 10 heteroatoms. The standard InChI is InChI=1S/C26H33F3N2O4S/c1-24(2,3)20(32)15-35-19-10-9-16(26(27,28)29)12-18(19)22(33)30-23-31(13-17-8-7-11-34-17)14-21(36-23)25(4,5)6/h9-10,12,14,17H,7-8,11,13,15H2,1-6H3. The molecule has 0 aliphatic carbocycles. The van der Waals surface area contributed by atoms with Gasteiger partial charge in [-0.2, -0.15) is 18.2 Å². The van der Waals surface area contributed by atoms with E-state index >= 15 is 0 Å². The molecule has 0 bridgehead atoms. The molecule has 6 nitrogen and oxygen atoms in total. The van der Waals surface area contributed by atoms with Crippen molar-refractivity contribution in [1.82, 2.24) is 4.57 Å². The van der Waals surface area contributed by atoms with Gasteiger partial charge < -0.3 is 14.0 Å². The number of carbonyl (C=O) groups excluding carboxylic acids is 2. The summed E-state index contributed by atoms with van der Waals surface area (Å²) in [5.41, 5.74) is -2.25. The maximum atomic E-state index is 13.4. The minimum atomic E-state index is -4.66. The molecular weight excluding hydrogens is 493 g/mol. The van der Waals surface area contributed by atoms with Gasteiger partial charge in [0.15, 0.2) is 10.6 Å². The fraction of sp³-hybridized carbons (Fsp3) is 0.577. The molecule has 1 aliphatic heterocycles. The Balaban J connectivity index is 2.04. The van der Waals surface area contributed by atoms with E-state index in [0.717, 1.165) is 35.9 Å². The van der Waals surface area contributed by atoms with E-state index in [2.05, 4.69) is 4.99 Å². The van der Waals surface area contributed by atoms with E-state index in [9.17, 15) is 22.8 Å². The van der Waals surface area contributed by atoms with Crippen LogP contribution >= 0.6 is 11.3 Å². The molecule has 0 N–H and O–H groups in total. The average molecular weight is 527 g/mol. The Labute approximate surface area is 213 Å². The van der Waals surface area contributed by atoms with E-state index in [-0.39, 0.29) is 35.2 Å². The lowest BCUT2D eigenvalue weighted by Gasteiger charge is -2.18. The molecule has 1 fully saturated rings. The zero-order chi connectivity index (χ0) is 26.9. The maximum absolute atomic E-state index is 13.4. The van der Waals surface area contributed by atoms with Crippen molar-refractivity contribution >= 4 is 23.0 Å². The minimum Gasteiger partial charge on any atom is -0.485 e. The number of rotatable bonds is 6. The highest BCUT2D eigenvalue weighted by Gasteiger charge is 2.32. The highest BCUT2D eigenvalue weighted by atomic mass is 32.1. The number of benzene rings is 1. The Bertz CT molecular complexity index is 1180. The number of ether oxygens (including phenoxy) is 2. The van der Waals surface area contributed by atoms with Crippen molar-refractivity contribution in [3.05, 3.63) is 45.2 Å². The molecule has 198 valence electrons. The Kier molecular flexibility index (Phi) is 8.20. The molecule has 36 heavy (non-hydrogen) atoms. The van der Waals surface area contributed by atoms with Crippen molar-refractivity contribution in [3.63, 3.8) is 0 Å². The number of amides is 1. The quantitative estimate of drug-likeness (QED) is 0.479. The monoisotopic (exact) mass is 526 g/mol. The first kappa shape index (κ1) is 28.1. The van der Waals surface area contributed by atoms with Crippen LogP contribution < -0.4 is 9.54 Å². The number of carbonyl (C=O) groups is 2. The van der Waals surface area contributed by atoms with E-state index < -0.39 is 23.1 Å². The Morgan fingerprint density at radius 1 is 1.17 bits per heavy atom. The van der Waals surface area contributed by atoms with Gasteiger partial charge in [0.1, 0.15) is 12.4 Å². The second kappa shape index (κ2) is 10.5. The normalized spacial score (nSPS) is 17.5. The van der Waals surface area contributed by atoms with E-state index in [1.54, 1.807) is 20.8 Å². The predicted molar refractivity (Wildman–Crippen MR) is 131 cm³/mol. The molecule has 1 unspecified atom stereocenters. The van der Waals surface area contributed by atoms with Crippen LogP contribution in [-0.4, -0.2) is 35.6 Å². The first-order valence-corrected chi connectivity index (χ1v) is 12.7. The van der Waals surface area contributed by atoms with Crippen molar-refractivity contribution in [1.29, 1.82) is 0 Å². The third-order valence-electron chi connectivity index (χ3n) is 5.81. The summed E-state index contributed by atoms with van der Waals surface area (Å²) in [4.78, 5) is 31.1. The van der Waals surface area contributed by atoms with Gasteiger partial charge in [-0.05, 0) is 36.5 Å². The van der Waals surface area contributed by atoms with Crippen LogP contribution in [0.4, 0.5) is 13.2 Å². The Morgan fingerprint density at radius 3 is 2.42 bits per heavy atom. The molecule has 1 atom stereocenters. The smallest absolute Gasteiger partial charge is 0.416 e. The van der Waals surface area contributed by atoms with Crippen LogP contribution in [0.15, 0.2) is 29.4 Å². The van der Waals surface area contributed by atoms with Crippen LogP contribution in [0.1, 0.15) is 75.2 Å². The van der Waals surface area contributed by atoms with Gasteiger partial charge in [-0.25, -0.2) is 0 Å². The van der Waals surface area contributed by atoms with Gasteiger partial charge in [0.25, 0.3) is 5.91 Å². The summed E-state index contributed by atoms with van der Waals surface area (Å²) in [6.45, 7) is 12.0. The van der Waals surface area contributed by atoms with Gasteiger partial charge in [-0.3, -0.25) is 9.59 Å². The van der Waals surface area contributed by atoms with E-state index in [1.807, 2.05) is 31.5 Å². The van der Waals surface area contributed by atoms with Crippen molar-refractivity contribution < 1.29 is 32.2 Å². The number of hydrogen-bond donors (Lipinski definition) is 0. The lowest BCUT2D eigenvalue weighted by atomic mass is 9.91. The predicted octanol–water partition coefficient (Wildman–Crippen LogP) is 5.78. The van der Waals surface area contributed by atoms with Gasteiger partial charge >= 0.3 is 6.18 Å². The third-order valence-corrected chi connectivity index (χ3v) is 7.26. The number of Topliss-reactive ketones (excluding diaryl/α,β-unsaturated/α-hetero) is 1. The number of alkyl halides is 3. The summed E-state index contributed by atoms with van der Waals surface area (Å²) < 4.78 is 53.4. The molecule has 0 radical (unpaired) electrons. The summed E-state index contributed by atoms with van der Waals surface area (Å²) >= 11 is 1.31. The first-order chi connectivity index (χ1) is 16.6. The summed E-state index contributed by atoms with van der Waals surface area (Å²) in [6.07, 6.45) is -0.919. The molecule has 1 aromatic heterocycles. The van der Waals surface area contributed by atoms with Crippen LogP contribution in [0, 0.1) is 5.41 Å². The molecule has 1 saturated heterocycles. The topological polar surface area (TPSA) is 69.9 Å². The number of thiazole rings is 1. The summed E-state index contributed by atoms with van der Waals surface area (Å²) in [5.74, 6) is -1.24. The number of aromatic nitrogens is 1. The first-order valence-electron chi connectivity index (χ1n) is 11.8. The number of ketones is 1. The van der Waals surface area contributed by atoms with Crippen LogP contribution in [0.25, 0.3) is 0 Å². The maximum Gasteiger partial charge on any atom is 0.416 e. The van der Waals surface area contributed by atoms with Crippen LogP contribution in [-0.2, 0) is 27.7 Å². The van der Waals surface area contributed by atoms with E-state index in [4.69, 9.17) is 9.47 Å². The number of nitrogens with zero attached hydrogens (tertiary/aromatic N) is 2. The molecule has 1 amide bonds. The molecule has 2 heterocycles. The zero-order valence-corrected chi connectivity index (χ0v) is 22.3. The second-order valence-corrected chi connectivity index (χ2v) is 12.0. The molecule has 1 aromatic carbocycles. The SMILES string of the molecule is CC(C)(C)C(=O)COc1ccc(C(F)(F)F)cc1C(=O)N=c1sc(C(C)(C)C)cn1CC1CCCO1. The Morgan fingerprint density at radius 2 is 1.86 bits per heavy atom. The fourth-order valence-electron chi connectivity index (χ4n) is 3.46. The summed E-state index contributed by atoms with van der Waals surface area (Å²) in [6, 6.07) is 2.62. The molecule has 0 saturated carbocycles. The van der Waals surface area contributed by atoms with Crippen LogP contribution in [0.2, 0.25) is 0 Å².